The van der Waals surface area contributed by atoms with Gasteiger partial charge in [-0.15, -0.1) is 0 Å². The van der Waals surface area contributed by atoms with Gasteiger partial charge in [-0.1, -0.05) is 18.2 Å². The van der Waals surface area contributed by atoms with Crippen LogP contribution >= 0.6 is 11.6 Å². The third-order valence-corrected chi connectivity index (χ3v) is 2.15. The smallest absolute Gasteiger partial charge is 0.295 e. The molecule has 0 aliphatic rings. The minimum absolute atomic E-state index is 0.0286. The van der Waals surface area contributed by atoms with Crippen LogP contribution in [0.1, 0.15) is 0 Å². The summed E-state index contributed by atoms with van der Waals surface area (Å²) in [5.41, 5.74) is 0.860. The fourth-order valence-corrected chi connectivity index (χ4v) is 1.34. The number of benzene rings is 1. The zero-order valence-corrected chi connectivity index (χ0v) is 9.40. The van der Waals surface area contributed by atoms with Crippen LogP contribution in [0.4, 0.5) is 11.7 Å². The molecule has 0 amide bonds. The number of oxazole rings is 1. The summed E-state index contributed by atoms with van der Waals surface area (Å²) < 4.78 is 5.31. The number of non-ortho nitro benzene ring substituents is 1. The highest BCUT2D eigenvalue weighted by Crippen LogP contribution is 2.23. The van der Waals surface area contributed by atoms with Crippen molar-refractivity contribution < 1.29 is 9.34 Å². The molecule has 17 heavy (non-hydrogen) atoms. The average Bonchev–Trinajstić information content (AvgIpc) is 2.67. The summed E-state index contributed by atoms with van der Waals surface area (Å²) >= 11 is 5.58. The fraction of sp³-hybridized carbons (Fsp3) is 0.100. The number of rotatable bonds is 4. The molecule has 0 aliphatic heterocycles. The topological polar surface area (TPSA) is 81.2 Å². The van der Waals surface area contributed by atoms with Crippen LogP contribution in [-0.2, 0) is 0 Å². The normalized spacial score (nSPS) is 10.4. The third-order valence-electron chi connectivity index (χ3n) is 2.01. The maximum absolute atomic E-state index is 10.6. The number of halogens is 1. The minimum atomic E-state index is -0.484. The van der Waals surface area contributed by atoms with Crippen molar-refractivity contribution >= 4 is 34.4 Å². The number of hydrogen-bond acceptors (Lipinski definition) is 5. The van der Waals surface area contributed by atoms with Gasteiger partial charge in [-0.25, -0.2) is 0 Å². The Labute approximate surface area is 101 Å². The summed E-state index contributed by atoms with van der Waals surface area (Å²) in [6, 6.07) is 4.46. The van der Waals surface area contributed by atoms with Crippen LogP contribution in [-0.4, -0.2) is 16.5 Å². The highest BCUT2D eigenvalue weighted by atomic mass is 35.5. The van der Waals surface area contributed by atoms with E-state index in [4.69, 9.17) is 16.0 Å². The number of hydrogen-bond donors (Lipinski definition) is 1. The van der Waals surface area contributed by atoms with Gasteiger partial charge in [-0.3, -0.25) is 10.1 Å². The van der Waals surface area contributed by atoms with Crippen LogP contribution in [0.15, 0.2) is 34.2 Å². The molecule has 0 saturated carbocycles. The lowest BCUT2D eigenvalue weighted by Crippen LogP contribution is -2.00. The Hall–Kier alpha value is -2.08. The second-order valence-corrected chi connectivity index (χ2v) is 3.83. The van der Waals surface area contributed by atoms with Gasteiger partial charge in [0.1, 0.15) is 5.52 Å². The van der Waals surface area contributed by atoms with E-state index in [2.05, 4.69) is 16.9 Å². The number of nitro groups is 1. The summed E-state index contributed by atoms with van der Waals surface area (Å²) in [5, 5.41) is 13.8. The summed E-state index contributed by atoms with van der Waals surface area (Å²) in [6.45, 7) is 3.82. The Morgan fingerprint density at radius 1 is 1.65 bits per heavy atom. The standard InChI is InChI=1S/C10H8ClN3O3/c1-6(11)5-12-10-13-8-4-7(14(15)16)2-3-9(8)17-10/h2-4H,1,5H2,(H,12,13). The first-order valence-corrected chi connectivity index (χ1v) is 5.06. The first kappa shape index (κ1) is 11.4. The van der Waals surface area contributed by atoms with Crippen LogP contribution < -0.4 is 5.32 Å². The zero-order chi connectivity index (χ0) is 12.4. The monoisotopic (exact) mass is 253 g/mol. The molecule has 0 spiro atoms. The Kier molecular flexibility index (Phi) is 2.97. The van der Waals surface area contributed by atoms with Crippen LogP contribution in [0.3, 0.4) is 0 Å². The van der Waals surface area contributed by atoms with Crippen molar-refractivity contribution in [2.75, 3.05) is 11.9 Å². The minimum Gasteiger partial charge on any atom is -0.424 e. The summed E-state index contributed by atoms with van der Waals surface area (Å²) in [7, 11) is 0. The molecule has 7 heteroatoms. The number of fused-ring (bicyclic) bond motifs is 1. The highest BCUT2D eigenvalue weighted by Gasteiger charge is 2.11. The number of nitrogens with one attached hydrogen (secondary N) is 1. The van der Waals surface area contributed by atoms with Gasteiger partial charge in [-0.2, -0.15) is 4.98 Å². The van der Waals surface area contributed by atoms with Crippen molar-refractivity contribution in [1.29, 1.82) is 0 Å². The van der Waals surface area contributed by atoms with Gasteiger partial charge < -0.3 is 9.73 Å². The van der Waals surface area contributed by atoms with Gasteiger partial charge in [0.05, 0.1) is 11.5 Å². The second-order valence-electron chi connectivity index (χ2n) is 3.30. The molecule has 0 atom stereocenters. The number of anilines is 1. The summed E-state index contributed by atoms with van der Waals surface area (Å²) in [6.07, 6.45) is 0. The Morgan fingerprint density at radius 2 is 2.41 bits per heavy atom. The molecule has 0 aliphatic carbocycles. The van der Waals surface area contributed by atoms with Crippen molar-refractivity contribution in [3.05, 3.63) is 39.9 Å². The van der Waals surface area contributed by atoms with Crippen LogP contribution in [0.25, 0.3) is 11.1 Å². The highest BCUT2D eigenvalue weighted by molar-refractivity contribution is 6.29. The van der Waals surface area contributed by atoms with E-state index in [0.717, 1.165) is 0 Å². The van der Waals surface area contributed by atoms with Gasteiger partial charge in [-0.05, 0) is 6.07 Å². The molecule has 2 aromatic rings. The molecule has 0 radical (unpaired) electrons. The second kappa shape index (κ2) is 4.42. The number of aromatic nitrogens is 1. The molecule has 1 heterocycles. The molecule has 0 fully saturated rings. The quantitative estimate of drug-likeness (QED) is 0.669. The van der Waals surface area contributed by atoms with Crippen molar-refractivity contribution in [2.24, 2.45) is 0 Å². The molecule has 6 nitrogen and oxygen atoms in total. The van der Waals surface area contributed by atoms with E-state index in [1.165, 1.54) is 18.2 Å². The lowest BCUT2D eigenvalue weighted by Gasteiger charge is -1.96. The summed E-state index contributed by atoms with van der Waals surface area (Å²) in [4.78, 5) is 14.1. The first-order chi connectivity index (χ1) is 8.06. The molecule has 0 bridgehead atoms. The molecular weight excluding hydrogens is 246 g/mol. The van der Waals surface area contributed by atoms with E-state index >= 15 is 0 Å². The summed E-state index contributed by atoms with van der Waals surface area (Å²) in [5.74, 6) is 0. The van der Waals surface area contributed by atoms with Gasteiger partial charge in [0.15, 0.2) is 5.58 Å². The van der Waals surface area contributed by atoms with E-state index in [1.807, 2.05) is 0 Å². The van der Waals surface area contributed by atoms with Crippen LogP contribution in [0.2, 0.25) is 0 Å². The van der Waals surface area contributed by atoms with Crippen molar-refractivity contribution in [3.8, 4) is 0 Å². The maximum Gasteiger partial charge on any atom is 0.295 e. The predicted molar refractivity (Wildman–Crippen MR) is 64.1 cm³/mol. The number of nitro benzene ring substituents is 1. The SMILES string of the molecule is C=C(Cl)CNc1nc2cc([N+](=O)[O-])ccc2o1. The van der Waals surface area contributed by atoms with Gasteiger partial charge >= 0.3 is 0 Å². The molecule has 1 aromatic carbocycles. The number of nitrogens with zero attached hydrogens (tertiary/aromatic N) is 2. The average molecular weight is 254 g/mol. The van der Waals surface area contributed by atoms with E-state index in [1.54, 1.807) is 0 Å². The first-order valence-electron chi connectivity index (χ1n) is 4.68. The van der Waals surface area contributed by atoms with Gasteiger partial charge in [0.25, 0.3) is 11.7 Å². The molecule has 0 unspecified atom stereocenters. The molecule has 2 rings (SSSR count). The molecule has 0 saturated heterocycles. The third kappa shape index (κ3) is 2.54. The largest absolute Gasteiger partial charge is 0.424 e. The van der Waals surface area contributed by atoms with Gasteiger partial charge in [0, 0.05) is 17.2 Å². The van der Waals surface area contributed by atoms with E-state index in [9.17, 15) is 10.1 Å². The maximum atomic E-state index is 10.6. The zero-order valence-electron chi connectivity index (χ0n) is 8.64. The van der Waals surface area contributed by atoms with E-state index in [-0.39, 0.29) is 11.7 Å². The molecule has 1 N–H and O–H groups in total. The van der Waals surface area contributed by atoms with Crippen molar-refractivity contribution in [3.63, 3.8) is 0 Å². The molecule has 1 aromatic heterocycles. The van der Waals surface area contributed by atoms with Gasteiger partial charge in [0.2, 0.25) is 0 Å². The lowest BCUT2D eigenvalue weighted by molar-refractivity contribution is -0.384. The Bertz CT molecular complexity index is 593. The predicted octanol–water partition coefficient (Wildman–Crippen LogP) is 2.90. The Morgan fingerprint density at radius 3 is 3.06 bits per heavy atom. The van der Waals surface area contributed by atoms with E-state index < -0.39 is 4.92 Å². The molecular formula is C10H8ClN3O3. The Balaban J connectivity index is 2.30. The fourth-order valence-electron chi connectivity index (χ4n) is 1.28. The lowest BCUT2D eigenvalue weighted by atomic mass is 10.3. The van der Waals surface area contributed by atoms with Crippen LogP contribution in [0, 0.1) is 10.1 Å². The van der Waals surface area contributed by atoms with Crippen molar-refractivity contribution in [2.45, 2.75) is 0 Å². The molecule has 88 valence electrons. The van der Waals surface area contributed by atoms with Crippen LogP contribution in [0.5, 0.6) is 0 Å². The van der Waals surface area contributed by atoms with E-state index in [0.29, 0.717) is 22.7 Å². The van der Waals surface area contributed by atoms with Crippen molar-refractivity contribution in [1.82, 2.24) is 4.98 Å².